The largest absolute Gasteiger partial charge is 0.326 e. The van der Waals surface area contributed by atoms with Gasteiger partial charge >= 0.3 is 0 Å². The van der Waals surface area contributed by atoms with E-state index < -0.39 is 10.2 Å². The Balaban J connectivity index is 2.82. The van der Waals surface area contributed by atoms with E-state index in [1.54, 1.807) is 0 Å². The van der Waals surface area contributed by atoms with Crippen LogP contribution >= 0.6 is 0 Å². The Hall–Kier alpha value is -0.170. The van der Waals surface area contributed by atoms with Gasteiger partial charge in [-0.05, 0) is 12.3 Å². The summed E-state index contributed by atoms with van der Waals surface area (Å²) in [4.78, 5) is 0. The van der Waals surface area contributed by atoms with Gasteiger partial charge in [0.05, 0.1) is 0 Å². The van der Waals surface area contributed by atoms with E-state index in [2.05, 4.69) is 0 Å². The lowest BCUT2D eigenvalue weighted by Crippen LogP contribution is -2.53. The first-order chi connectivity index (χ1) is 7.41. The molecule has 0 amide bonds. The third-order valence-corrected chi connectivity index (χ3v) is 5.14. The van der Waals surface area contributed by atoms with E-state index in [0.717, 1.165) is 6.42 Å². The van der Waals surface area contributed by atoms with E-state index in [1.807, 2.05) is 20.8 Å². The average Bonchev–Trinajstić information content (AvgIpc) is 2.17. The zero-order chi connectivity index (χ0) is 12.3. The average molecular weight is 249 g/mol. The Morgan fingerprint density at radius 1 is 1.31 bits per heavy atom. The molecule has 5 nitrogen and oxygen atoms in total. The molecule has 1 fully saturated rings. The molecule has 1 aliphatic rings. The van der Waals surface area contributed by atoms with Gasteiger partial charge in [0.1, 0.15) is 0 Å². The molecule has 1 rings (SSSR count). The molecule has 0 aromatic carbocycles. The van der Waals surface area contributed by atoms with Crippen LogP contribution < -0.4 is 5.73 Å². The molecule has 0 bridgehead atoms. The molecule has 96 valence electrons. The van der Waals surface area contributed by atoms with E-state index in [-0.39, 0.29) is 6.04 Å². The smallest absolute Gasteiger partial charge is 0.282 e. The lowest BCUT2D eigenvalue weighted by Gasteiger charge is -2.36. The Kier molecular flexibility index (Phi) is 4.73. The van der Waals surface area contributed by atoms with Crippen LogP contribution in [0.1, 0.15) is 27.2 Å². The molecule has 6 heteroatoms. The van der Waals surface area contributed by atoms with Crippen LogP contribution in [-0.4, -0.2) is 49.2 Å². The van der Waals surface area contributed by atoms with Crippen molar-refractivity contribution < 1.29 is 8.42 Å². The normalized spacial score (nSPS) is 28.6. The second-order valence-electron chi connectivity index (χ2n) is 4.51. The Morgan fingerprint density at radius 2 is 1.88 bits per heavy atom. The minimum Gasteiger partial charge on any atom is -0.326 e. The minimum atomic E-state index is -3.30. The second-order valence-corrected chi connectivity index (χ2v) is 6.44. The van der Waals surface area contributed by atoms with Crippen molar-refractivity contribution in [1.82, 2.24) is 8.61 Å². The summed E-state index contributed by atoms with van der Waals surface area (Å²) < 4.78 is 27.5. The first kappa shape index (κ1) is 13.9. The van der Waals surface area contributed by atoms with Crippen molar-refractivity contribution in [2.45, 2.75) is 33.2 Å². The fraction of sp³-hybridized carbons (Fsp3) is 1.00. The van der Waals surface area contributed by atoms with Crippen LogP contribution in [0.5, 0.6) is 0 Å². The zero-order valence-corrected chi connectivity index (χ0v) is 11.2. The van der Waals surface area contributed by atoms with E-state index >= 15 is 0 Å². The first-order valence-electron chi connectivity index (χ1n) is 5.92. The fourth-order valence-corrected chi connectivity index (χ4v) is 4.05. The first-order valence-corrected chi connectivity index (χ1v) is 7.32. The van der Waals surface area contributed by atoms with E-state index in [0.29, 0.717) is 32.1 Å². The molecule has 0 spiro atoms. The molecule has 0 aromatic rings. The van der Waals surface area contributed by atoms with Crippen LogP contribution in [0, 0.1) is 5.92 Å². The van der Waals surface area contributed by atoms with Crippen LogP contribution in [0.3, 0.4) is 0 Å². The summed E-state index contributed by atoms with van der Waals surface area (Å²) in [7, 11) is -3.30. The molecule has 1 saturated heterocycles. The van der Waals surface area contributed by atoms with Gasteiger partial charge < -0.3 is 5.73 Å². The standard InChI is InChI=1S/C10H23N3O2S/c1-4-12(5-2)16(14,15)13-7-9(3)6-10(11)8-13/h9-10H,4-8,11H2,1-3H3. The summed E-state index contributed by atoms with van der Waals surface area (Å²) in [5, 5.41) is 0. The summed E-state index contributed by atoms with van der Waals surface area (Å²) in [6.07, 6.45) is 0.907. The molecule has 0 aromatic heterocycles. The highest BCUT2D eigenvalue weighted by Gasteiger charge is 2.33. The van der Waals surface area contributed by atoms with E-state index in [4.69, 9.17) is 5.73 Å². The molecule has 16 heavy (non-hydrogen) atoms. The van der Waals surface area contributed by atoms with Crippen molar-refractivity contribution in [3.8, 4) is 0 Å². The number of hydrogen-bond donors (Lipinski definition) is 1. The van der Waals surface area contributed by atoms with Crippen molar-refractivity contribution in [2.75, 3.05) is 26.2 Å². The van der Waals surface area contributed by atoms with Crippen molar-refractivity contribution in [2.24, 2.45) is 11.7 Å². The highest BCUT2D eigenvalue weighted by Crippen LogP contribution is 2.19. The summed E-state index contributed by atoms with van der Waals surface area (Å²) in [5.41, 5.74) is 5.87. The summed E-state index contributed by atoms with van der Waals surface area (Å²) in [5.74, 6) is 0.342. The van der Waals surface area contributed by atoms with E-state index in [1.165, 1.54) is 8.61 Å². The molecule has 0 aliphatic carbocycles. The zero-order valence-electron chi connectivity index (χ0n) is 10.4. The molecule has 1 aliphatic heterocycles. The summed E-state index contributed by atoms with van der Waals surface area (Å²) in [6.45, 7) is 7.82. The van der Waals surface area contributed by atoms with Crippen molar-refractivity contribution in [3.05, 3.63) is 0 Å². The Bertz CT molecular complexity index is 304. The predicted octanol–water partition coefficient (Wildman–Crippen LogP) is 0.242. The van der Waals surface area contributed by atoms with Crippen LogP contribution in [-0.2, 0) is 10.2 Å². The van der Waals surface area contributed by atoms with Crippen LogP contribution in [0.25, 0.3) is 0 Å². The quantitative estimate of drug-likeness (QED) is 0.776. The van der Waals surface area contributed by atoms with Gasteiger partial charge in [0.25, 0.3) is 10.2 Å². The monoisotopic (exact) mass is 249 g/mol. The summed E-state index contributed by atoms with van der Waals surface area (Å²) >= 11 is 0. The van der Waals surface area contributed by atoms with Crippen LogP contribution in [0.4, 0.5) is 0 Å². The molecular formula is C10H23N3O2S. The van der Waals surface area contributed by atoms with Crippen molar-refractivity contribution in [1.29, 1.82) is 0 Å². The van der Waals surface area contributed by atoms with Crippen molar-refractivity contribution >= 4 is 10.2 Å². The van der Waals surface area contributed by atoms with Gasteiger partial charge in [0, 0.05) is 32.2 Å². The Morgan fingerprint density at radius 3 is 2.31 bits per heavy atom. The molecule has 0 saturated carbocycles. The van der Waals surface area contributed by atoms with Gasteiger partial charge in [-0.2, -0.15) is 17.0 Å². The number of rotatable bonds is 4. The van der Waals surface area contributed by atoms with Gasteiger partial charge in [-0.1, -0.05) is 20.8 Å². The van der Waals surface area contributed by atoms with Gasteiger partial charge in [0.15, 0.2) is 0 Å². The summed E-state index contributed by atoms with van der Waals surface area (Å²) in [6, 6.07) is -0.0333. The fourth-order valence-electron chi connectivity index (χ4n) is 2.25. The highest BCUT2D eigenvalue weighted by molar-refractivity contribution is 7.86. The van der Waals surface area contributed by atoms with Gasteiger partial charge in [0.2, 0.25) is 0 Å². The molecule has 2 atom stereocenters. The van der Waals surface area contributed by atoms with Gasteiger partial charge in [-0.3, -0.25) is 0 Å². The molecule has 2 unspecified atom stereocenters. The Labute approximate surface area is 98.8 Å². The molecule has 1 heterocycles. The maximum absolute atomic E-state index is 12.2. The van der Waals surface area contributed by atoms with E-state index in [9.17, 15) is 8.42 Å². The third-order valence-electron chi connectivity index (χ3n) is 3.02. The maximum Gasteiger partial charge on any atom is 0.282 e. The highest BCUT2D eigenvalue weighted by atomic mass is 32.2. The topological polar surface area (TPSA) is 66.6 Å². The number of piperidine rings is 1. The lowest BCUT2D eigenvalue weighted by molar-refractivity contribution is 0.238. The SMILES string of the molecule is CCN(CC)S(=O)(=O)N1CC(C)CC(N)C1. The maximum atomic E-state index is 12.2. The molecular weight excluding hydrogens is 226 g/mol. The molecule has 2 N–H and O–H groups in total. The van der Waals surface area contributed by atoms with Gasteiger partial charge in [-0.15, -0.1) is 0 Å². The molecule has 0 radical (unpaired) electrons. The minimum absolute atomic E-state index is 0.0333. The number of hydrogen-bond acceptors (Lipinski definition) is 3. The predicted molar refractivity (Wildman–Crippen MR) is 65.2 cm³/mol. The van der Waals surface area contributed by atoms with Crippen LogP contribution in [0.2, 0.25) is 0 Å². The van der Waals surface area contributed by atoms with Crippen LogP contribution in [0.15, 0.2) is 0 Å². The van der Waals surface area contributed by atoms with Crippen molar-refractivity contribution in [3.63, 3.8) is 0 Å². The second kappa shape index (κ2) is 5.44. The number of nitrogens with two attached hydrogens (primary N) is 1. The third kappa shape index (κ3) is 2.94. The van der Waals surface area contributed by atoms with Gasteiger partial charge in [-0.25, -0.2) is 0 Å². The number of nitrogens with zero attached hydrogens (tertiary/aromatic N) is 2. The lowest BCUT2D eigenvalue weighted by atomic mass is 9.99.